The second-order valence-corrected chi connectivity index (χ2v) is 5.67. The molecule has 21 heavy (non-hydrogen) atoms. The Morgan fingerprint density at radius 1 is 1.43 bits per heavy atom. The van der Waals surface area contributed by atoms with Gasteiger partial charge in [0.05, 0.1) is 10.5 Å². The molecule has 0 saturated heterocycles. The first-order valence-electron chi connectivity index (χ1n) is 6.44. The van der Waals surface area contributed by atoms with Gasteiger partial charge in [0, 0.05) is 23.2 Å². The van der Waals surface area contributed by atoms with E-state index in [2.05, 4.69) is 4.98 Å². The molecule has 1 unspecified atom stereocenters. The van der Waals surface area contributed by atoms with E-state index in [4.69, 9.17) is 11.6 Å². The third kappa shape index (κ3) is 2.48. The zero-order valence-corrected chi connectivity index (χ0v) is 11.8. The van der Waals surface area contributed by atoms with Gasteiger partial charge in [-0.1, -0.05) is 11.6 Å². The molecule has 0 radical (unpaired) electrons. The van der Waals surface area contributed by atoms with Gasteiger partial charge in [0.15, 0.2) is 0 Å². The number of aromatic nitrogens is 1. The van der Waals surface area contributed by atoms with E-state index in [-0.39, 0.29) is 16.6 Å². The molecule has 1 aliphatic heterocycles. The molecular weight excluding hydrogens is 305 g/mol. The first-order chi connectivity index (χ1) is 9.76. The molecule has 1 aromatic carbocycles. The quantitative estimate of drug-likeness (QED) is 0.874. The maximum atomic E-state index is 12.7. The lowest BCUT2D eigenvalue weighted by Crippen LogP contribution is -2.37. The van der Waals surface area contributed by atoms with Crippen molar-refractivity contribution in [2.24, 2.45) is 0 Å². The van der Waals surface area contributed by atoms with E-state index >= 15 is 0 Å². The second kappa shape index (κ2) is 4.66. The van der Waals surface area contributed by atoms with E-state index in [1.54, 1.807) is 19.1 Å². The number of hydrogen-bond acceptors (Lipinski definition) is 2. The number of fused-ring (bicyclic) bond motifs is 3. The summed E-state index contributed by atoms with van der Waals surface area (Å²) in [6.45, 7) is 0.755. The van der Waals surface area contributed by atoms with Crippen LogP contribution in [0.15, 0.2) is 23.0 Å². The van der Waals surface area contributed by atoms with Gasteiger partial charge in [-0.2, -0.15) is 13.2 Å². The smallest absolute Gasteiger partial charge is 0.359 e. The van der Waals surface area contributed by atoms with E-state index in [0.29, 0.717) is 23.0 Å². The number of alkyl halides is 3. The van der Waals surface area contributed by atoms with Crippen molar-refractivity contribution in [3.05, 3.63) is 39.1 Å². The molecule has 0 saturated carbocycles. The van der Waals surface area contributed by atoms with Gasteiger partial charge < -0.3 is 9.88 Å². The van der Waals surface area contributed by atoms with E-state index in [0.717, 1.165) is 5.56 Å². The fourth-order valence-corrected chi connectivity index (χ4v) is 3.24. The SMILES string of the molecule is CC1Cc2c(ccc3[nH]c(=O)cc(Cl)c23)N1CC(F)(F)F. The molecule has 2 aromatic rings. The normalized spacial score (nSPS) is 18.3. The van der Waals surface area contributed by atoms with Gasteiger partial charge in [-0.15, -0.1) is 0 Å². The van der Waals surface area contributed by atoms with Crippen molar-refractivity contribution < 1.29 is 13.2 Å². The van der Waals surface area contributed by atoms with Gasteiger partial charge in [-0.25, -0.2) is 0 Å². The van der Waals surface area contributed by atoms with Crippen LogP contribution in [0.1, 0.15) is 12.5 Å². The van der Waals surface area contributed by atoms with E-state index in [9.17, 15) is 18.0 Å². The third-order valence-corrected chi connectivity index (χ3v) is 4.03. The number of pyridine rings is 1. The Bertz CT molecular complexity index is 769. The molecule has 3 nitrogen and oxygen atoms in total. The zero-order chi connectivity index (χ0) is 15.4. The molecule has 1 atom stereocenters. The Hall–Kier alpha value is -1.69. The molecule has 7 heteroatoms. The topological polar surface area (TPSA) is 36.1 Å². The van der Waals surface area contributed by atoms with E-state index in [1.165, 1.54) is 11.0 Å². The summed E-state index contributed by atoms with van der Waals surface area (Å²) in [5.74, 6) is 0. The number of nitrogens with one attached hydrogen (secondary N) is 1. The predicted octanol–water partition coefficient (Wildman–Crippen LogP) is 3.49. The lowest BCUT2D eigenvalue weighted by molar-refractivity contribution is -0.120. The van der Waals surface area contributed by atoms with Crippen molar-refractivity contribution in [3.8, 4) is 0 Å². The Morgan fingerprint density at radius 3 is 2.81 bits per heavy atom. The summed E-state index contributed by atoms with van der Waals surface area (Å²) in [7, 11) is 0. The highest BCUT2D eigenvalue weighted by molar-refractivity contribution is 6.35. The molecule has 1 N–H and O–H groups in total. The molecule has 0 aliphatic carbocycles. The number of H-pyrrole nitrogens is 1. The summed E-state index contributed by atoms with van der Waals surface area (Å²) < 4.78 is 38.1. The minimum Gasteiger partial charge on any atom is -0.359 e. The van der Waals surface area contributed by atoms with Crippen LogP contribution in [0, 0.1) is 0 Å². The largest absolute Gasteiger partial charge is 0.405 e. The Kier molecular flexibility index (Phi) is 3.16. The Balaban J connectivity index is 2.19. The molecule has 1 aromatic heterocycles. The van der Waals surface area contributed by atoms with Crippen LogP contribution < -0.4 is 10.5 Å². The summed E-state index contributed by atoms with van der Waals surface area (Å²) in [4.78, 5) is 15.4. The molecule has 1 aliphatic rings. The van der Waals surface area contributed by atoms with Crippen LogP contribution >= 0.6 is 11.6 Å². The van der Waals surface area contributed by atoms with Crippen LogP contribution in [-0.2, 0) is 6.42 Å². The lowest BCUT2D eigenvalue weighted by Gasteiger charge is -2.26. The van der Waals surface area contributed by atoms with Gasteiger partial charge in [-0.05, 0) is 31.0 Å². The van der Waals surface area contributed by atoms with Crippen LogP contribution in [0.3, 0.4) is 0 Å². The van der Waals surface area contributed by atoms with Gasteiger partial charge in [0.2, 0.25) is 5.56 Å². The van der Waals surface area contributed by atoms with E-state index < -0.39 is 12.7 Å². The monoisotopic (exact) mass is 316 g/mol. The molecule has 0 fully saturated rings. The van der Waals surface area contributed by atoms with Crippen molar-refractivity contribution in [2.45, 2.75) is 25.6 Å². The predicted molar refractivity (Wildman–Crippen MR) is 76.1 cm³/mol. The third-order valence-electron chi connectivity index (χ3n) is 3.73. The first-order valence-corrected chi connectivity index (χ1v) is 6.82. The lowest BCUT2D eigenvalue weighted by atomic mass is 10.0. The van der Waals surface area contributed by atoms with Crippen molar-refractivity contribution in [1.82, 2.24) is 4.98 Å². The fourth-order valence-electron chi connectivity index (χ4n) is 2.92. The molecule has 0 amide bonds. The summed E-state index contributed by atoms with van der Waals surface area (Å²) in [6.07, 6.45) is -3.80. The Labute approximate surface area is 123 Å². The van der Waals surface area contributed by atoms with Crippen LogP contribution in [0.4, 0.5) is 18.9 Å². The summed E-state index contributed by atoms with van der Waals surface area (Å²) in [6, 6.07) is 4.19. The van der Waals surface area contributed by atoms with E-state index in [1.807, 2.05) is 0 Å². The summed E-state index contributed by atoms with van der Waals surface area (Å²) in [5.41, 5.74) is 1.50. The minimum atomic E-state index is -4.26. The van der Waals surface area contributed by atoms with Crippen molar-refractivity contribution in [3.63, 3.8) is 0 Å². The highest BCUT2D eigenvalue weighted by Gasteiger charge is 2.37. The average Bonchev–Trinajstić information content (AvgIpc) is 2.63. The zero-order valence-electron chi connectivity index (χ0n) is 11.1. The highest BCUT2D eigenvalue weighted by atomic mass is 35.5. The molecule has 0 bridgehead atoms. The van der Waals surface area contributed by atoms with Crippen LogP contribution in [0.25, 0.3) is 10.9 Å². The van der Waals surface area contributed by atoms with Crippen molar-refractivity contribution in [1.29, 1.82) is 0 Å². The molecule has 2 heterocycles. The van der Waals surface area contributed by atoms with Crippen LogP contribution in [0.5, 0.6) is 0 Å². The number of benzene rings is 1. The fraction of sp³-hybridized carbons (Fsp3) is 0.357. The van der Waals surface area contributed by atoms with Crippen molar-refractivity contribution in [2.75, 3.05) is 11.4 Å². The van der Waals surface area contributed by atoms with Gasteiger partial charge in [0.1, 0.15) is 6.54 Å². The standard InChI is InChI=1S/C14H12ClF3N2O/c1-7-4-8-11(20(7)6-14(16,17)18)3-2-10-13(8)9(15)5-12(21)19-10/h2-3,5,7H,4,6H2,1H3,(H,19,21). The molecular formula is C14H12ClF3N2O. The maximum absolute atomic E-state index is 12.7. The number of nitrogens with zero attached hydrogens (tertiary/aromatic N) is 1. The summed E-state index contributed by atoms with van der Waals surface area (Å²) >= 11 is 6.11. The Morgan fingerprint density at radius 2 is 2.14 bits per heavy atom. The van der Waals surface area contributed by atoms with Gasteiger partial charge in [-0.3, -0.25) is 4.79 Å². The minimum absolute atomic E-state index is 0.268. The number of halogens is 4. The average molecular weight is 317 g/mol. The molecule has 112 valence electrons. The van der Waals surface area contributed by atoms with Crippen molar-refractivity contribution >= 4 is 28.2 Å². The second-order valence-electron chi connectivity index (χ2n) is 5.26. The molecule has 0 spiro atoms. The number of anilines is 1. The van der Waals surface area contributed by atoms with Crippen LogP contribution in [0.2, 0.25) is 5.02 Å². The van der Waals surface area contributed by atoms with Gasteiger partial charge in [0.25, 0.3) is 0 Å². The van der Waals surface area contributed by atoms with Gasteiger partial charge >= 0.3 is 6.18 Å². The number of hydrogen-bond donors (Lipinski definition) is 1. The van der Waals surface area contributed by atoms with Crippen LogP contribution in [-0.4, -0.2) is 23.7 Å². The molecule has 3 rings (SSSR count). The number of aromatic amines is 1. The highest BCUT2D eigenvalue weighted by Crippen LogP contribution is 2.40. The first kappa shape index (κ1) is 14.3. The number of rotatable bonds is 1. The maximum Gasteiger partial charge on any atom is 0.405 e. The summed E-state index contributed by atoms with van der Waals surface area (Å²) in [5, 5.41) is 0.900.